The Morgan fingerprint density at radius 1 is 1.05 bits per heavy atom. The van der Waals surface area contributed by atoms with Gasteiger partial charge in [0.15, 0.2) is 0 Å². The van der Waals surface area contributed by atoms with E-state index in [9.17, 15) is 8.42 Å². The minimum atomic E-state index is -3.79. The highest BCUT2D eigenvalue weighted by Crippen LogP contribution is 2.28. The molecule has 0 unspecified atom stereocenters. The lowest BCUT2D eigenvalue weighted by atomic mass is 10.1. The molecule has 2 N–H and O–H groups in total. The Bertz CT molecular complexity index is 749. The highest BCUT2D eigenvalue weighted by Gasteiger charge is 2.20. The quantitative estimate of drug-likeness (QED) is 0.520. The molecule has 0 bridgehead atoms. The highest BCUT2D eigenvalue weighted by molar-refractivity contribution is 7.87. The van der Waals surface area contributed by atoms with Crippen molar-refractivity contribution >= 4 is 26.6 Å². The Balaban J connectivity index is 2.35. The van der Waals surface area contributed by atoms with E-state index in [4.69, 9.17) is 9.92 Å². The van der Waals surface area contributed by atoms with Crippen molar-refractivity contribution in [1.82, 2.24) is 0 Å². The molecule has 0 atom stereocenters. The van der Waals surface area contributed by atoms with Crippen molar-refractivity contribution in [3.8, 4) is 0 Å². The summed E-state index contributed by atoms with van der Waals surface area (Å²) in [4.78, 5) is 0.161. The number of nitrogens with two attached hydrogens (primary N) is 1. The number of likely N-dealkylation sites (N-methyl/N-ethyl adjacent to an activating group) is 1. The maximum Gasteiger partial charge on any atom is 0.297 e. The molecule has 6 heteroatoms. The van der Waals surface area contributed by atoms with Crippen LogP contribution in [0.25, 0.3) is 10.8 Å². The molecule has 0 spiro atoms. The Kier molecular flexibility index (Phi) is 4.22. The Morgan fingerprint density at radius 3 is 2.29 bits per heavy atom. The minimum Gasteiger partial charge on any atom is -0.398 e. The van der Waals surface area contributed by atoms with Crippen LogP contribution in [-0.4, -0.2) is 47.2 Å². The zero-order chi connectivity index (χ0) is 15.7. The van der Waals surface area contributed by atoms with Crippen molar-refractivity contribution in [1.29, 1.82) is 0 Å². The molecule has 2 aromatic carbocycles. The molecule has 2 rings (SSSR count). The van der Waals surface area contributed by atoms with Crippen LogP contribution in [-0.2, 0) is 14.3 Å². The van der Waals surface area contributed by atoms with Crippen LogP contribution in [0.4, 0.5) is 5.69 Å². The van der Waals surface area contributed by atoms with Crippen molar-refractivity contribution in [3.63, 3.8) is 0 Å². The first-order chi connectivity index (χ1) is 9.71. The van der Waals surface area contributed by atoms with Crippen LogP contribution in [0.5, 0.6) is 0 Å². The van der Waals surface area contributed by atoms with Crippen LogP contribution in [0.1, 0.15) is 0 Å². The average Bonchev–Trinajstić information content (AvgIpc) is 2.37. The number of quaternary nitrogens is 1. The van der Waals surface area contributed by atoms with Gasteiger partial charge in [-0.05, 0) is 12.1 Å². The van der Waals surface area contributed by atoms with Gasteiger partial charge in [-0.3, -0.25) is 4.18 Å². The summed E-state index contributed by atoms with van der Waals surface area (Å²) in [5.41, 5.74) is 6.44. The summed E-state index contributed by atoms with van der Waals surface area (Å²) in [6.45, 7) is 0.747. The molecule has 0 radical (unpaired) electrons. The lowest BCUT2D eigenvalue weighted by Crippen LogP contribution is -2.38. The van der Waals surface area contributed by atoms with Gasteiger partial charge in [0.1, 0.15) is 18.0 Å². The van der Waals surface area contributed by atoms with Crippen molar-refractivity contribution in [3.05, 3.63) is 36.4 Å². The first kappa shape index (κ1) is 15.8. The number of hydrogen-bond donors (Lipinski definition) is 1. The predicted octanol–water partition coefficient (Wildman–Crippen LogP) is 1.83. The third-order valence-corrected chi connectivity index (χ3v) is 4.56. The molecule has 21 heavy (non-hydrogen) atoms. The molecular weight excluding hydrogens is 288 g/mol. The zero-order valence-corrected chi connectivity index (χ0v) is 13.4. The number of nitrogen functional groups attached to an aromatic ring is 1. The third kappa shape index (κ3) is 3.72. The molecule has 0 fully saturated rings. The van der Waals surface area contributed by atoms with Gasteiger partial charge < -0.3 is 10.2 Å². The van der Waals surface area contributed by atoms with E-state index in [0.29, 0.717) is 27.5 Å². The highest BCUT2D eigenvalue weighted by atomic mass is 32.2. The number of fused-ring (bicyclic) bond motifs is 1. The molecule has 0 aliphatic carbocycles. The molecule has 0 amide bonds. The number of anilines is 1. The molecule has 0 aliphatic heterocycles. The van der Waals surface area contributed by atoms with Gasteiger partial charge >= 0.3 is 0 Å². The average molecular weight is 309 g/mol. The standard InChI is InChI=1S/C15H21N2O3S/c1-17(2,3)10-11-20-21(18,19)15-9-8-14(16)12-6-4-5-7-13(12)15/h4-9H,10-11,16H2,1-3H3/q+1. The van der Waals surface area contributed by atoms with E-state index in [1.165, 1.54) is 6.07 Å². The maximum absolute atomic E-state index is 12.4. The smallest absolute Gasteiger partial charge is 0.297 e. The Morgan fingerprint density at radius 2 is 1.67 bits per heavy atom. The second kappa shape index (κ2) is 5.63. The molecule has 0 aromatic heterocycles. The summed E-state index contributed by atoms with van der Waals surface area (Å²) in [5, 5.41) is 1.30. The van der Waals surface area contributed by atoms with E-state index in [1.807, 2.05) is 27.2 Å². The van der Waals surface area contributed by atoms with E-state index in [0.717, 1.165) is 0 Å². The topological polar surface area (TPSA) is 69.4 Å². The van der Waals surface area contributed by atoms with E-state index >= 15 is 0 Å². The Hall–Kier alpha value is -1.63. The molecular formula is C15H21N2O3S+. The van der Waals surface area contributed by atoms with Gasteiger partial charge in [0, 0.05) is 16.5 Å². The SMILES string of the molecule is C[N+](C)(C)CCOS(=O)(=O)c1ccc(N)c2ccccc12. The van der Waals surface area contributed by atoms with E-state index in [-0.39, 0.29) is 11.5 Å². The first-order valence-corrected chi connectivity index (χ1v) is 8.09. The molecule has 2 aromatic rings. The van der Waals surface area contributed by atoms with Gasteiger partial charge in [-0.25, -0.2) is 0 Å². The van der Waals surface area contributed by atoms with Crippen molar-refractivity contribution in [2.45, 2.75) is 4.90 Å². The molecule has 114 valence electrons. The van der Waals surface area contributed by atoms with Crippen molar-refractivity contribution in [2.24, 2.45) is 0 Å². The molecule has 0 heterocycles. The van der Waals surface area contributed by atoms with Gasteiger partial charge in [0.05, 0.1) is 21.1 Å². The summed E-state index contributed by atoms with van der Waals surface area (Å²) < 4.78 is 30.5. The lowest BCUT2D eigenvalue weighted by molar-refractivity contribution is -0.870. The van der Waals surface area contributed by atoms with Crippen LogP contribution in [0.15, 0.2) is 41.3 Å². The maximum atomic E-state index is 12.4. The van der Waals surface area contributed by atoms with E-state index in [1.54, 1.807) is 24.3 Å². The second-order valence-electron chi connectivity index (χ2n) is 5.99. The van der Waals surface area contributed by atoms with Gasteiger partial charge in [-0.15, -0.1) is 0 Å². The minimum absolute atomic E-state index is 0.143. The number of nitrogens with zero attached hydrogens (tertiary/aromatic N) is 1. The zero-order valence-electron chi connectivity index (χ0n) is 12.5. The van der Waals surface area contributed by atoms with Gasteiger partial charge in [-0.1, -0.05) is 24.3 Å². The Labute approximate surface area is 125 Å². The van der Waals surface area contributed by atoms with Crippen molar-refractivity contribution < 1.29 is 17.1 Å². The van der Waals surface area contributed by atoms with Gasteiger partial charge in [0.25, 0.3) is 10.1 Å². The summed E-state index contributed by atoms with van der Waals surface area (Å²) in [5.74, 6) is 0. The fraction of sp³-hybridized carbons (Fsp3) is 0.333. The van der Waals surface area contributed by atoms with Crippen molar-refractivity contribution in [2.75, 3.05) is 40.0 Å². The van der Waals surface area contributed by atoms with Crippen LogP contribution in [0, 0.1) is 0 Å². The van der Waals surface area contributed by atoms with Gasteiger partial charge in [-0.2, -0.15) is 8.42 Å². The van der Waals surface area contributed by atoms with Crippen LogP contribution < -0.4 is 5.73 Å². The van der Waals surface area contributed by atoms with E-state index in [2.05, 4.69) is 0 Å². The van der Waals surface area contributed by atoms with E-state index < -0.39 is 10.1 Å². The predicted molar refractivity (Wildman–Crippen MR) is 84.4 cm³/mol. The third-order valence-electron chi connectivity index (χ3n) is 3.19. The normalized spacial score (nSPS) is 12.7. The number of hydrogen-bond acceptors (Lipinski definition) is 4. The molecule has 5 nitrogen and oxygen atoms in total. The summed E-state index contributed by atoms with van der Waals surface area (Å²) in [6.07, 6.45) is 0. The lowest BCUT2D eigenvalue weighted by Gasteiger charge is -2.23. The molecule has 0 aliphatic rings. The second-order valence-corrected chi connectivity index (χ2v) is 7.57. The first-order valence-electron chi connectivity index (χ1n) is 6.68. The summed E-state index contributed by atoms with van der Waals surface area (Å²) in [7, 11) is 2.15. The van der Waals surface area contributed by atoms with Gasteiger partial charge in [0.2, 0.25) is 0 Å². The molecule has 0 saturated heterocycles. The van der Waals surface area contributed by atoms with Crippen LogP contribution in [0.3, 0.4) is 0 Å². The summed E-state index contributed by atoms with van der Waals surface area (Å²) in [6, 6.07) is 10.2. The monoisotopic (exact) mass is 309 g/mol. The van der Waals surface area contributed by atoms with Crippen LogP contribution in [0.2, 0.25) is 0 Å². The number of benzene rings is 2. The number of rotatable bonds is 5. The molecule has 0 saturated carbocycles. The largest absolute Gasteiger partial charge is 0.398 e. The summed E-state index contributed by atoms with van der Waals surface area (Å²) >= 11 is 0. The fourth-order valence-electron chi connectivity index (χ4n) is 2.00. The van der Waals surface area contributed by atoms with Crippen LogP contribution >= 0.6 is 0 Å². The fourth-order valence-corrected chi connectivity index (χ4v) is 3.10.